The minimum absolute atomic E-state index is 0.0815. The van der Waals surface area contributed by atoms with Crippen molar-refractivity contribution in [1.29, 1.82) is 0 Å². The predicted octanol–water partition coefficient (Wildman–Crippen LogP) is 2.56. The van der Waals surface area contributed by atoms with Gasteiger partial charge in [0.05, 0.1) is 29.7 Å². The normalized spacial score (nSPS) is 33.2. The smallest absolute Gasteiger partial charge is 0.338 e. The maximum Gasteiger partial charge on any atom is 0.338 e. The van der Waals surface area contributed by atoms with E-state index in [2.05, 4.69) is 12.2 Å². The minimum atomic E-state index is -0.400. The van der Waals surface area contributed by atoms with Gasteiger partial charge in [-0.15, -0.1) is 0 Å². The summed E-state index contributed by atoms with van der Waals surface area (Å²) in [7, 11) is 0. The fourth-order valence-electron chi connectivity index (χ4n) is 5.29. The Bertz CT molecular complexity index is 787. The molecule has 0 radical (unpaired) electrons. The summed E-state index contributed by atoms with van der Waals surface area (Å²) < 4.78 is 4.97. The summed E-state index contributed by atoms with van der Waals surface area (Å²) >= 11 is 0. The maximum absolute atomic E-state index is 13.0. The van der Waals surface area contributed by atoms with Crippen LogP contribution in [0.25, 0.3) is 0 Å². The summed E-state index contributed by atoms with van der Waals surface area (Å²) in [6.07, 6.45) is 6.60. The molecule has 0 aromatic heterocycles. The summed E-state index contributed by atoms with van der Waals surface area (Å²) in [6.45, 7) is 2.06. The number of allylic oxidation sites excluding steroid dienone is 2. The Kier molecular flexibility index (Phi) is 2.86. The highest BCUT2D eigenvalue weighted by Gasteiger charge is 2.73. The number of fused-ring (bicyclic) bond motifs is 3. The molecule has 1 spiro atoms. The van der Waals surface area contributed by atoms with Gasteiger partial charge < -0.3 is 4.74 Å². The average Bonchev–Trinajstić information content (AvgIpc) is 3.20. The Labute approximate surface area is 145 Å². The third kappa shape index (κ3) is 1.76. The monoisotopic (exact) mass is 337 g/mol. The number of carbonyl (C=O) groups excluding carboxylic acids is 3. The molecular weight excluding hydrogens is 318 g/mol. The molecule has 5 heteroatoms. The van der Waals surface area contributed by atoms with E-state index in [1.165, 1.54) is 4.90 Å². The van der Waals surface area contributed by atoms with Gasteiger partial charge in [-0.1, -0.05) is 12.2 Å². The van der Waals surface area contributed by atoms with Crippen molar-refractivity contribution < 1.29 is 19.1 Å². The zero-order valence-electron chi connectivity index (χ0n) is 14.0. The van der Waals surface area contributed by atoms with Crippen LogP contribution in [0, 0.1) is 29.1 Å². The third-order valence-corrected chi connectivity index (χ3v) is 6.49. The molecule has 1 aliphatic heterocycles. The number of hydrogen-bond donors (Lipinski definition) is 0. The zero-order valence-corrected chi connectivity index (χ0v) is 14.0. The van der Waals surface area contributed by atoms with Gasteiger partial charge in [-0.3, -0.25) is 14.5 Å². The second-order valence-electron chi connectivity index (χ2n) is 7.50. The van der Waals surface area contributed by atoms with Crippen LogP contribution in [0.15, 0.2) is 36.4 Å². The average molecular weight is 337 g/mol. The molecule has 1 aromatic carbocycles. The van der Waals surface area contributed by atoms with E-state index >= 15 is 0 Å². The van der Waals surface area contributed by atoms with Crippen molar-refractivity contribution in [3.8, 4) is 0 Å². The lowest BCUT2D eigenvalue weighted by atomic mass is 9.85. The van der Waals surface area contributed by atoms with Gasteiger partial charge in [0.25, 0.3) is 0 Å². The number of hydrogen-bond acceptors (Lipinski definition) is 4. The molecule has 4 aliphatic rings. The van der Waals surface area contributed by atoms with Gasteiger partial charge in [0.2, 0.25) is 11.8 Å². The van der Waals surface area contributed by atoms with Gasteiger partial charge in [0, 0.05) is 0 Å². The number of anilines is 1. The molecule has 4 unspecified atom stereocenters. The van der Waals surface area contributed by atoms with Crippen LogP contribution in [0.1, 0.15) is 30.1 Å². The quantitative estimate of drug-likeness (QED) is 0.483. The molecule has 0 N–H and O–H groups in total. The predicted molar refractivity (Wildman–Crippen MR) is 89.7 cm³/mol. The fourth-order valence-corrected chi connectivity index (χ4v) is 5.29. The van der Waals surface area contributed by atoms with Gasteiger partial charge in [0.1, 0.15) is 0 Å². The van der Waals surface area contributed by atoms with Crippen molar-refractivity contribution in [1.82, 2.24) is 0 Å². The SMILES string of the molecule is CCOC(=O)c1ccc(N2C(=O)C3C(C2=O)C2C=CC3C23CC3)cc1. The lowest BCUT2D eigenvalue weighted by Gasteiger charge is -2.21. The van der Waals surface area contributed by atoms with Crippen LogP contribution in [-0.4, -0.2) is 24.4 Å². The van der Waals surface area contributed by atoms with Crippen molar-refractivity contribution >= 4 is 23.5 Å². The lowest BCUT2D eigenvalue weighted by molar-refractivity contribution is -0.123. The number of benzene rings is 1. The van der Waals surface area contributed by atoms with Gasteiger partial charge in [0.15, 0.2) is 0 Å². The summed E-state index contributed by atoms with van der Waals surface area (Å²) in [5.74, 6) is -0.512. The van der Waals surface area contributed by atoms with E-state index < -0.39 is 5.97 Å². The third-order valence-electron chi connectivity index (χ3n) is 6.49. The summed E-state index contributed by atoms with van der Waals surface area (Å²) in [4.78, 5) is 39.1. The number of nitrogens with zero attached hydrogens (tertiary/aromatic N) is 1. The van der Waals surface area contributed by atoms with E-state index in [0.717, 1.165) is 12.8 Å². The van der Waals surface area contributed by atoms with Crippen molar-refractivity contribution in [2.75, 3.05) is 11.5 Å². The molecule has 2 bridgehead atoms. The molecule has 1 saturated heterocycles. The van der Waals surface area contributed by atoms with Crippen LogP contribution in [0.4, 0.5) is 5.69 Å². The Balaban J connectivity index is 1.44. The first-order valence-corrected chi connectivity index (χ1v) is 8.92. The number of rotatable bonds is 3. The number of amides is 2. The maximum atomic E-state index is 13.0. The van der Waals surface area contributed by atoms with E-state index in [9.17, 15) is 14.4 Å². The number of ether oxygens (including phenoxy) is 1. The van der Waals surface area contributed by atoms with Crippen LogP contribution < -0.4 is 4.90 Å². The number of imide groups is 1. The molecule has 1 heterocycles. The first kappa shape index (κ1) is 14.9. The highest BCUT2D eigenvalue weighted by Crippen LogP contribution is 2.73. The topological polar surface area (TPSA) is 63.7 Å². The summed E-state index contributed by atoms with van der Waals surface area (Å²) in [5, 5.41) is 0. The molecule has 25 heavy (non-hydrogen) atoms. The largest absolute Gasteiger partial charge is 0.462 e. The molecule has 3 fully saturated rings. The van der Waals surface area contributed by atoms with Crippen LogP contribution in [0.5, 0.6) is 0 Å². The molecule has 1 aromatic rings. The Morgan fingerprint density at radius 3 is 2.12 bits per heavy atom. The van der Waals surface area contributed by atoms with Crippen molar-refractivity contribution in [3.63, 3.8) is 0 Å². The molecule has 2 amide bonds. The van der Waals surface area contributed by atoms with Crippen LogP contribution in [-0.2, 0) is 14.3 Å². The number of carbonyl (C=O) groups is 3. The molecule has 5 rings (SSSR count). The standard InChI is InChI=1S/C20H19NO4/c1-2-25-19(24)11-3-5-12(6-4-11)21-17(22)15-13-7-8-14(16(15)18(21)23)20(13)9-10-20/h3-8,13-16H,2,9-10H2,1H3. The Hall–Kier alpha value is -2.43. The van der Waals surface area contributed by atoms with Gasteiger partial charge in [-0.05, 0) is 61.3 Å². The van der Waals surface area contributed by atoms with E-state index in [4.69, 9.17) is 4.74 Å². The minimum Gasteiger partial charge on any atom is -0.462 e. The van der Waals surface area contributed by atoms with E-state index in [0.29, 0.717) is 17.9 Å². The molecule has 5 nitrogen and oxygen atoms in total. The van der Waals surface area contributed by atoms with E-state index in [-0.39, 0.29) is 40.9 Å². The Morgan fingerprint density at radius 1 is 1.08 bits per heavy atom. The highest BCUT2D eigenvalue weighted by molar-refractivity contribution is 6.23. The van der Waals surface area contributed by atoms with Crippen molar-refractivity contribution in [2.24, 2.45) is 29.1 Å². The second kappa shape index (κ2) is 4.81. The second-order valence-corrected chi connectivity index (χ2v) is 7.50. The molecule has 128 valence electrons. The summed E-state index contributed by atoms with van der Waals surface area (Å²) in [6, 6.07) is 6.53. The first-order chi connectivity index (χ1) is 12.1. The van der Waals surface area contributed by atoms with Crippen LogP contribution in [0.2, 0.25) is 0 Å². The molecule has 3 aliphatic carbocycles. The molecule has 2 saturated carbocycles. The zero-order chi connectivity index (χ0) is 17.3. The fraction of sp³-hybridized carbons (Fsp3) is 0.450. The summed E-state index contributed by atoms with van der Waals surface area (Å²) in [5.41, 5.74) is 1.17. The number of esters is 1. The van der Waals surface area contributed by atoms with Crippen molar-refractivity contribution in [2.45, 2.75) is 19.8 Å². The first-order valence-electron chi connectivity index (χ1n) is 8.92. The lowest BCUT2D eigenvalue weighted by Crippen LogP contribution is -2.34. The molecule has 4 atom stereocenters. The molecular formula is C20H19NO4. The van der Waals surface area contributed by atoms with Crippen LogP contribution in [0.3, 0.4) is 0 Å². The van der Waals surface area contributed by atoms with Gasteiger partial charge in [-0.2, -0.15) is 0 Å². The van der Waals surface area contributed by atoms with Crippen LogP contribution >= 0.6 is 0 Å². The van der Waals surface area contributed by atoms with Gasteiger partial charge in [-0.25, -0.2) is 4.79 Å². The van der Waals surface area contributed by atoms with Crippen molar-refractivity contribution in [3.05, 3.63) is 42.0 Å². The van der Waals surface area contributed by atoms with E-state index in [1.54, 1.807) is 31.2 Å². The highest BCUT2D eigenvalue weighted by atomic mass is 16.5. The van der Waals surface area contributed by atoms with Gasteiger partial charge >= 0.3 is 5.97 Å². The van der Waals surface area contributed by atoms with E-state index in [1.807, 2.05) is 0 Å². The Morgan fingerprint density at radius 2 is 1.64 bits per heavy atom.